The van der Waals surface area contributed by atoms with Crippen LogP contribution in [0.2, 0.25) is 0 Å². The maximum Gasteiger partial charge on any atom is 0.0978 e. The van der Waals surface area contributed by atoms with Crippen LogP contribution in [0.4, 0.5) is 0 Å². The Morgan fingerprint density at radius 3 is 1.70 bits per heavy atom. The second-order valence-corrected chi connectivity index (χ2v) is 12.5. The normalized spacial score (nSPS) is 11.6. The Morgan fingerprint density at radius 1 is 0.340 bits per heavy atom. The summed E-state index contributed by atoms with van der Waals surface area (Å²) < 4.78 is 0. The Labute approximate surface area is 287 Å². The minimum Gasteiger partial charge on any atom is -0.256 e. The Bertz CT molecular complexity index is 2900. The number of hydrogen-bond donors (Lipinski definition) is 0. The molecule has 10 rings (SSSR count). The van der Waals surface area contributed by atoms with Gasteiger partial charge in [0.25, 0.3) is 0 Å². The number of nitrogens with zero attached hydrogens (tertiary/aromatic N) is 5. The summed E-state index contributed by atoms with van der Waals surface area (Å²) in [5, 5.41) is 5.33. The topological polar surface area (TPSA) is 64.5 Å². The molecule has 5 heteroatoms. The molecule has 5 aromatic carbocycles. The largest absolute Gasteiger partial charge is 0.256 e. The molecule has 5 heterocycles. The van der Waals surface area contributed by atoms with E-state index in [0.29, 0.717) is 0 Å². The van der Waals surface area contributed by atoms with E-state index in [-0.39, 0.29) is 0 Å². The highest BCUT2D eigenvalue weighted by molar-refractivity contribution is 6.16. The van der Waals surface area contributed by atoms with Gasteiger partial charge in [-0.3, -0.25) is 9.97 Å². The van der Waals surface area contributed by atoms with Gasteiger partial charge in [-0.25, -0.2) is 15.0 Å². The lowest BCUT2D eigenvalue weighted by Crippen LogP contribution is -1.94. The van der Waals surface area contributed by atoms with Crippen molar-refractivity contribution in [3.8, 4) is 44.9 Å². The van der Waals surface area contributed by atoms with Crippen molar-refractivity contribution in [2.45, 2.75) is 0 Å². The van der Waals surface area contributed by atoms with E-state index < -0.39 is 0 Å². The summed E-state index contributed by atoms with van der Waals surface area (Å²) in [6.07, 6.45) is 3.76. The molecule has 232 valence electrons. The lowest BCUT2D eigenvalue weighted by molar-refractivity contribution is 1.30. The Hall–Kier alpha value is -6.85. The van der Waals surface area contributed by atoms with E-state index in [9.17, 15) is 0 Å². The lowest BCUT2D eigenvalue weighted by atomic mass is 9.95. The predicted octanol–water partition coefficient (Wildman–Crippen LogP) is 11.1. The average molecular weight is 638 g/mol. The van der Waals surface area contributed by atoms with Gasteiger partial charge in [0, 0.05) is 61.6 Å². The van der Waals surface area contributed by atoms with Crippen molar-refractivity contribution in [1.29, 1.82) is 0 Å². The average Bonchev–Trinajstić information content (AvgIpc) is 3.20. The third kappa shape index (κ3) is 4.60. The van der Waals surface area contributed by atoms with E-state index in [4.69, 9.17) is 24.9 Å². The molecule has 0 bridgehead atoms. The zero-order chi connectivity index (χ0) is 33.0. The number of para-hydroxylation sites is 1. The highest BCUT2D eigenvalue weighted by Crippen LogP contribution is 2.38. The first kappa shape index (κ1) is 28.2. The molecule has 0 aliphatic heterocycles. The molecule has 0 spiro atoms. The molecular weight excluding hydrogens is 611 g/mol. The molecule has 0 N–H and O–H groups in total. The molecule has 0 fully saturated rings. The Morgan fingerprint density at radius 2 is 0.960 bits per heavy atom. The fourth-order valence-corrected chi connectivity index (χ4v) is 7.11. The molecule has 0 aliphatic rings. The van der Waals surface area contributed by atoms with Crippen LogP contribution in [-0.4, -0.2) is 24.9 Å². The van der Waals surface area contributed by atoms with Crippen LogP contribution in [0.5, 0.6) is 0 Å². The van der Waals surface area contributed by atoms with Gasteiger partial charge in [0.2, 0.25) is 0 Å². The van der Waals surface area contributed by atoms with Gasteiger partial charge in [-0.15, -0.1) is 0 Å². The summed E-state index contributed by atoms with van der Waals surface area (Å²) in [7, 11) is 0. The number of hydrogen-bond acceptors (Lipinski definition) is 5. The molecule has 0 unspecified atom stereocenters. The molecule has 10 aromatic rings. The molecular formula is C45H27N5. The molecule has 0 atom stereocenters. The summed E-state index contributed by atoms with van der Waals surface area (Å²) in [6.45, 7) is 0. The predicted molar refractivity (Wildman–Crippen MR) is 205 cm³/mol. The van der Waals surface area contributed by atoms with E-state index in [1.807, 2.05) is 42.7 Å². The van der Waals surface area contributed by atoms with E-state index in [1.165, 1.54) is 5.56 Å². The fourth-order valence-electron chi connectivity index (χ4n) is 7.11. The van der Waals surface area contributed by atoms with Crippen LogP contribution in [0, 0.1) is 0 Å². The molecule has 0 saturated carbocycles. The summed E-state index contributed by atoms with van der Waals surface area (Å²) in [5.74, 6) is 0. The number of aromatic nitrogens is 5. The third-order valence-corrected chi connectivity index (χ3v) is 9.55. The molecule has 0 amide bonds. The van der Waals surface area contributed by atoms with Crippen molar-refractivity contribution in [3.05, 3.63) is 164 Å². The second-order valence-electron chi connectivity index (χ2n) is 12.5. The number of rotatable bonds is 4. The highest BCUT2D eigenvalue weighted by Gasteiger charge is 2.16. The molecule has 0 radical (unpaired) electrons. The number of benzene rings is 5. The van der Waals surface area contributed by atoms with E-state index in [2.05, 4.69) is 121 Å². The monoisotopic (exact) mass is 637 g/mol. The van der Waals surface area contributed by atoms with Crippen LogP contribution in [0.3, 0.4) is 0 Å². The van der Waals surface area contributed by atoms with Gasteiger partial charge in [-0.2, -0.15) is 0 Å². The van der Waals surface area contributed by atoms with Crippen LogP contribution in [0.1, 0.15) is 0 Å². The maximum atomic E-state index is 5.21. The van der Waals surface area contributed by atoms with Crippen molar-refractivity contribution in [1.82, 2.24) is 24.9 Å². The van der Waals surface area contributed by atoms with E-state index in [1.54, 1.807) is 0 Å². The van der Waals surface area contributed by atoms with Crippen molar-refractivity contribution in [2.75, 3.05) is 0 Å². The first-order valence-corrected chi connectivity index (χ1v) is 16.7. The highest BCUT2D eigenvalue weighted by atomic mass is 14.8. The number of pyridine rings is 5. The summed E-state index contributed by atoms with van der Waals surface area (Å²) in [5.41, 5.74) is 12.5. The SMILES string of the molecule is c1ccc(-c2ccc3ccc4c(-c5ccc(-c6ccc7ccc8c(-c9ccccc9)c9ccccc9nc8c7n6)cn5)ccnc4c3n2)cc1. The van der Waals surface area contributed by atoms with Gasteiger partial charge in [-0.05, 0) is 42.0 Å². The first-order chi connectivity index (χ1) is 24.8. The summed E-state index contributed by atoms with van der Waals surface area (Å²) in [6, 6.07) is 52.3. The fraction of sp³-hybridized carbons (Fsp3) is 0. The summed E-state index contributed by atoms with van der Waals surface area (Å²) in [4.78, 5) is 25.2. The quantitative estimate of drug-likeness (QED) is 0.142. The van der Waals surface area contributed by atoms with Crippen LogP contribution >= 0.6 is 0 Å². The van der Waals surface area contributed by atoms with Crippen molar-refractivity contribution < 1.29 is 0 Å². The third-order valence-electron chi connectivity index (χ3n) is 9.55. The molecule has 0 saturated heterocycles. The molecule has 5 aromatic heterocycles. The van der Waals surface area contributed by atoms with E-state index in [0.717, 1.165) is 93.9 Å². The standard InChI is InChI=1S/C45H27N5/c1-3-9-28(10-4-1)37-22-17-30-15-20-34-33(25-26-46-44(34)42(30)48-37)39-24-19-32(27-47-39)38-23-18-31-16-21-36-41(29-11-5-2-6-12-29)35-13-7-8-14-40(35)50-45(36)43(31)49-38/h1-27H. The molecule has 5 nitrogen and oxygen atoms in total. The number of fused-ring (bicyclic) bond motifs is 7. The molecule has 0 aliphatic carbocycles. The van der Waals surface area contributed by atoms with E-state index >= 15 is 0 Å². The van der Waals surface area contributed by atoms with Gasteiger partial charge < -0.3 is 0 Å². The minimum absolute atomic E-state index is 0.850. The van der Waals surface area contributed by atoms with Gasteiger partial charge in [0.15, 0.2) is 0 Å². The van der Waals surface area contributed by atoms with Crippen LogP contribution in [0.25, 0.3) is 99.4 Å². The summed E-state index contributed by atoms with van der Waals surface area (Å²) >= 11 is 0. The van der Waals surface area contributed by atoms with Crippen LogP contribution in [0.15, 0.2) is 164 Å². The second kappa shape index (κ2) is 11.4. The van der Waals surface area contributed by atoms with Crippen molar-refractivity contribution >= 4 is 54.5 Å². The molecule has 50 heavy (non-hydrogen) atoms. The minimum atomic E-state index is 0.850. The lowest BCUT2D eigenvalue weighted by Gasteiger charge is -2.13. The Balaban J connectivity index is 1.08. The van der Waals surface area contributed by atoms with Gasteiger partial charge in [0.05, 0.1) is 44.7 Å². The zero-order valence-electron chi connectivity index (χ0n) is 26.8. The van der Waals surface area contributed by atoms with Crippen LogP contribution in [-0.2, 0) is 0 Å². The smallest absolute Gasteiger partial charge is 0.0978 e. The van der Waals surface area contributed by atoms with Crippen molar-refractivity contribution in [3.63, 3.8) is 0 Å². The van der Waals surface area contributed by atoms with Crippen molar-refractivity contribution in [2.24, 2.45) is 0 Å². The first-order valence-electron chi connectivity index (χ1n) is 16.7. The van der Waals surface area contributed by atoms with Gasteiger partial charge >= 0.3 is 0 Å². The Kier molecular flexibility index (Phi) is 6.42. The zero-order valence-corrected chi connectivity index (χ0v) is 26.8. The maximum absolute atomic E-state index is 5.21. The van der Waals surface area contributed by atoms with Crippen LogP contribution < -0.4 is 0 Å². The van der Waals surface area contributed by atoms with Gasteiger partial charge in [-0.1, -0.05) is 115 Å². The van der Waals surface area contributed by atoms with Gasteiger partial charge in [0.1, 0.15) is 0 Å².